The van der Waals surface area contributed by atoms with E-state index >= 15 is 0 Å². The fraction of sp³-hybridized carbons (Fsp3) is 0.571. The number of rotatable bonds is 6. The van der Waals surface area contributed by atoms with Crippen LogP contribution in [0, 0.1) is 5.92 Å². The molecule has 1 saturated heterocycles. The van der Waals surface area contributed by atoms with Crippen LogP contribution in [0.25, 0.3) is 0 Å². The Labute approximate surface area is 123 Å². The first-order valence-electron chi connectivity index (χ1n) is 7.08. The molecule has 0 aliphatic carbocycles. The van der Waals surface area contributed by atoms with Crippen molar-refractivity contribution in [1.82, 2.24) is 10.6 Å². The number of furan rings is 1. The summed E-state index contributed by atoms with van der Waals surface area (Å²) in [6.07, 6.45) is 3.32. The number of nitrogens with one attached hydrogen (secondary N) is 2. The molecule has 0 radical (unpaired) electrons. The summed E-state index contributed by atoms with van der Waals surface area (Å²) in [6.45, 7) is 1.60. The Morgan fingerprint density at radius 1 is 1.38 bits per heavy atom. The lowest BCUT2D eigenvalue weighted by atomic mass is 9.89. The molecule has 0 spiro atoms. The predicted molar refractivity (Wildman–Crippen MR) is 75.2 cm³/mol. The number of primary amides is 1. The van der Waals surface area contributed by atoms with Crippen LogP contribution < -0.4 is 16.4 Å². The Hall–Kier alpha value is -2.02. The van der Waals surface area contributed by atoms with Crippen molar-refractivity contribution >= 4 is 11.9 Å². The maximum absolute atomic E-state index is 11.9. The number of nitrogens with two attached hydrogens (primary N) is 1. The number of hydrogen-bond acceptors (Lipinski definition) is 4. The van der Waals surface area contributed by atoms with Crippen LogP contribution in [0.15, 0.2) is 22.8 Å². The van der Waals surface area contributed by atoms with E-state index in [-0.39, 0.29) is 24.4 Å². The Morgan fingerprint density at radius 3 is 2.76 bits per heavy atom. The fourth-order valence-corrected chi connectivity index (χ4v) is 2.47. The topological polar surface area (TPSA) is 107 Å². The summed E-state index contributed by atoms with van der Waals surface area (Å²) in [7, 11) is 0. The molecule has 4 N–H and O–H groups in total. The zero-order valence-electron chi connectivity index (χ0n) is 11.8. The average molecular weight is 295 g/mol. The van der Waals surface area contributed by atoms with Gasteiger partial charge >= 0.3 is 6.03 Å². The zero-order valence-corrected chi connectivity index (χ0v) is 11.8. The average Bonchev–Trinajstić information content (AvgIpc) is 2.98. The van der Waals surface area contributed by atoms with Crippen LogP contribution in [-0.4, -0.2) is 31.2 Å². The lowest BCUT2D eigenvalue weighted by Gasteiger charge is -2.30. The number of amides is 3. The third-order valence-electron chi connectivity index (χ3n) is 3.58. The molecular formula is C14H21N3O4. The van der Waals surface area contributed by atoms with Crippen molar-refractivity contribution in [2.45, 2.75) is 31.8 Å². The first-order valence-corrected chi connectivity index (χ1v) is 7.08. The van der Waals surface area contributed by atoms with E-state index < -0.39 is 5.91 Å². The van der Waals surface area contributed by atoms with Crippen molar-refractivity contribution in [2.75, 3.05) is 13.2 Å². The zero-order chi connectivity index (χ0) is 15.1. The van der Waals surface area contributed by atoms with Gasteiger partial charge in [-0.25, -0.2) is 4.79 Å². The van der Waals surface area contributed by atoms with Crippen LogP contribution in [0.4, 0.5) is 4.79 Å². The second kappa shape index (κ2) is 7.68. The SMILES string of the molecule is NC(=O)C[C@H](NC(=O)NCc1ccco1)C1CCOCC1. The van der Waals surface area contributed by atoms with Crippen molar-refractivity contribution in [3.63, 3.8) is 0 Å². The largest absolute Gasteiger partial charge is 0.467 e. The molecule has 1 aromatic heterocycles. The second-order valence-electron chi connectivity index (χ2n) is 5.13. The van der Waals surface area contributed by atoms with E-state index in [0.29, 0.717) is 25.5 Å². The van der Waals surface area contributed by atoms with E-state index in [1.807, 2.05) is 0 Å². The number of ether oxygens (including phenoxy) is 1. The van der Waals surface area contributed by atoms with E-state index in [0.717, 1.165) is 12.8 Å². The molecular weight excluding hydrogens is 274 g/mol. The van der Waals surface area contributed by atoms with Crippen LogP contribution >= 0.6 is 0 Å². The number of hydrogen-bond donors (Lipinski definition) is 3. The van der Waals surface area contributed by atoms with Crippen molar-refractivity contribution in [1.29, 1.82) is 0 Å². The highest BCUT2D eigenvalue weighted by Crippen LogP contribution is 2.20. The van der Waals surface area contributed by atoms with Gasteiger partial charge in [0.05, 0.1) is 12.8 Å². The number of carbonyl (C=O) groups excluding carboxylic acids is 2. The molecule has 1 aromatic rings. The summed E-state index contributed by atoms with van der Waals surface area (Å²) in [5.74, 6) is 0.459. The number of urea groups is 1. The molecule has 21 heavy (non-hydrogen) atoms. The van der Waals surface area contributed by atoms with Crippen molar-refractivity contribution < 1.29 is 18.7 Å². The molecule has 0 saturated carbocycles. The van der Waals surface area contributed by atoms with Crippen LogP contribution in [0.5, 0.6) is 0 Å². The Bertz CT molecular complexity index is 455. The molecule has 7 nitrogen and oxygen atoms in total. The molecule has 2 rings (SSSR count). The molecule has 3 amide bonds. The van der Waals surface area contributed by atoms with Gasteiger partial charge in [0.2, 0.25) is 5.91 Å². The minimum absolute atomic E-state index is 0.138. The summed E-state index contributed by atoms with van der Waals surface area (Å²) >= 11 is 0. The number of carbonyl (C=O) groups is 2. The summed E-state index contributed by atoms with van der Waals surface area (Å²) in [6, 6.07) is 2.94. The van der Waals surface area contributed by atoms with E-state index in [4.69, 9.17) is 14.9 Å². The quantitative estimate of drug-likeness (QED) is 0.720. The molecule has 2 heterocycles. The predicted octanol–water partition coefficient (Wildman–Crippen LogP) is 0.749. The van der Waals surface area contributed by atoms with E-state index in [1.165, 1.54) is 0 Å². The lowest BCUT2D eigenvalue weighted by Crippen LogP contribution is -2.48. The van der Waals surface area contributed by atoms with Crippen molar-refractivity contribution in [3.8, 4) is 0 Å². The second-order valence-corrected chi connectivity index (χ2v) is 5.13. The third-order valence-corrected chi connectivity index (χ3v) is 3.58. The highest BCUT2D eigenvalue weighted by Gasteiger charge is 2.26. The molecule has 1 atom stereocenters. The molecule has 1 aliphatic rings. The standard InChI is InChI=1S/C14H21N3O4/c15-13(18)8-12(10-3-6-20-7-4-10)17-14(19)16-9-11-2-1-5-21-11/h1-2,5,10,12H,3-4,6-9H2,(H2,15,18)(H2,16,17,19)/t12-/m0/s1. The normalized spacial score (nSPS) is 17.1. The third kappa shape index (κ3) is 5.11. The van der Waals surface area contributed by atoms with Gasteiger partial charge in [0, 0.05) is 25.7 Å². The summed E-state index contributed by atoms with van der Waals surface area (Å²) in [4.78, 5) is 23.1. The van der Waals surface area contributed by atoms with Gasteiger partial charge in [0.15, 0.2) is 0 Å². The van der Waals surface area contributed by atoms with Crippen LogP contribution in [0.2, 0.25) is 0 Å². The van der Waals surface area contributed by atoms with Gasteiger partial charge in [-0.2, -0.15) is 0 Å². The van der Waals surface area contributed by atoms with E-state index in [2.05, 4.69) is 10.6 Å². The van der Waals surface area contributed by atoms with Gasteiger partial charge < -0.3 is 25.5 Å². The first-order chi connectivity index (χ1) is 10.1. The van der Waals surface area contributed by atoms with Crippen molar-refractivity contribution in [3.05, 3.63) is 24.2 Å². The molecule has 1 aliphatic heterocycles. The van der Waals surface area contributed by atoms with Gasteiger partial charge in [0.1, 0.15) is 5.76 Å². The minimum Gasteiger partial charge on any atom is -0.467 e. The van der Waals surface area contributed by atoms with E-state index in [1.54, 1.807) is 18.4 Å². The monoisotopic (exact) mass is 295 g/mol. The van der Waals surface area contributed by atoms with Gasteiger partial charge in [-0.15, -0.1) is 0 Å². The molecule has 0 bridgehead atoms. The Kier molecular flexibility index (Phi) is 5.62. The Morgan fingerprint density at radius 2 is 2.14 bits per heavy atom. The van der Waals surface area contributed by atoms with Gasteiger partial charge in [-0.1, -0.05) is 0 Å². The first kappa shape index (κ1) is 15.4. The molecule has 7 heteroatoms. The molecule has 116 valence electrons. The molecule has 0 aromatic carbocycles. The van der Waals surface area contributed by atoms with Crippen LogP contribution in [-0.2, 0) is 16.1 Å². The minimum atomic E-state index is -0.419. The lowest BCUT2D eigenvalue weighted by molar-refractivity contribution is -0.118. The van der Waals surface area contributed by atoms with Crippen molar-refractivity contribution in [2.24, 2.45) is 11.7 Å². The summed E-state index contributed by atoms with van der Waals surface area (Å²) in [5, 5.41) is 5.53. The van der Waals surface area contributed by atoms with Gasteiger partial charge in [-0.05, 0) is 30.9 Å². The van der Waals surface area contributed by atoms with Crippen LogP contribution in [0.3, 0.4) is 0 Å². The van der Waals surface area contributed by atoms with Gasteiger partial charge in [0.25, 0.3) is 0 Å². The summed E-state index contributed by atoms with van der Waals surface area (Å²) < 4.78 is 10.4. The fourth-order valence-electron chi connectivity index (χ4n) is 2.47. The highest BCUT2D eigenvalue weighted by atomic mass is 16.5. The summed E-state index contributed by atoms with van der Waals surface area (Å²) in [5.41, 5.74) is 5.27. The highest BCUT2D eigenvalue weighted by molar-refractivity contribution is 5.77. The Balaban J connectivity index is 1.84. The maximum Gasteiger partial charge on any atom is 0.315 e. The molecule has 0 unspecified atom stereocenters. The van der Waals surface area contributed by atoms with E-state index in [9.17, 15) is 9.59 Å². The van der Waals surface area contributed by atoms with Crippen LogP contribution in [0.1, 0.15) is 25.0 Å². The maximum atomic E-state index is 11.9. The van der Waals surface area contributed by atoms with Gasteiger partial charge in [-0.3, -0.25) is 4.79 Å². The smallest absolute Gasteiger partial charge is 0.315 e. The molecule has 1 fully saturated rings.